The second-order valence-electron chi connectivity index (χ2n) is 14.2. The van der Waals surface area contributed by atoms with Crippen LogP contribution < -0.4 is 0 Å². The van der Waals surface area contributed by atoms with E-state index in [0.29, 0.717) is 27.9 Å². The van der Waals surface area contributed by atoms with Crippen molar-refractivity contribution in [1.29, 1.82) is 15.8 Å². The molecule has 0 radical (unpaired) electrons. The van der Waals surface area contributed by atoms with E-state index < -0.39 is 0 Å². The van der Waals surface area contributed by atoms with E-state index in [4.69, 9.17) is 0 Å². The van der Waals surface area contributed by atoms with Crippen LogP contribution in [0, 0.1) is 34.0 Å². The predicted octanol–water partition coefficient (Wildman–Crippen LogP) is 12.3. The molecule has 6 nitrogen and oxygen atoms in total. The molecule has 0 unspecified atom stereocenters. The van der Waals surface area contributed by atoms with Crippen LogP contribution in [0.25, 0.3) is 93.6 Å². The molecule has 6 heteroatoms. The lowest BCUT2D eigenvalue weighted by Gasteiger charge is -2.19. The third kappa shape index (κ3) is 4.49. The second kappa shape index (κ2) is 12.3. The zero-order chi connectivity index (χ0) is 38.2. The minimum absolute atomic E-state index is 0.371. The molecule has 0 fully saturated rings. The fourth-order valence-electron chi connectivity index (χ4n) is 9.02. The molecule has 0 aliphatic carbocycles. The van der Waals surface area contributed by atoms with Crippen molar-refractivity contribution >= 4 is 65.4 Å². The SMILES string of the molecule is N#Cc1ccc(-c2ccc(C#N)c(-n3c4ccccc4c4ccccc43)c2C#N)c(-n2c3ccccc3c3ccc4c5ccccc5n(-c5ccccc5)c4c32)c1. The minimum atomic E-state index is 0.371. The Morgan fingerprint density at radius 2 is 0.860 bits per heavy atom. The average Bonchev–Trinajstić information content (AvgIpc) is 3.92. The Morgan fingerprint density at radius 3 is 1.42 bits per heavy atom. The molecule has 11 aromatic rings. The molecule has 0 bridgehead atoms. The topological polar surface area (TPSA) is 86.2 Å². The molecule has 0 atom stereocenters. The van der Waals surface area contributed by atoms with Crippen molar-refractivity contribution in [2.45, 2.75) is 0 Å². The average molecular weight is 725 g/mol. The number of aromatic nitrogens is 3. The molecule has 57 heavy (non-hydrogen) atoms. The monoisotopic (exact) mass is 724 g/mol. The van der Waals surface area contributed by atoms with E-state index in [9.17, 15) is 15.8 Å². The molecule has 0 saturated carbocycles. The second-order valence-corrected chi connectivity index (χ2v) is 14.2. The largest absolute Gasteiger partial charge is 0.307 e. The summed E-state index contributed by atoms with van der Waals surface area (Å²) in [6.45, 7) is 0. The van der Waals surface area contributed by atoms with Crippen molar-refractivity contribution < 1.29 is 0 Å². The molecule has 8 aromatic carbocycles. The lowest BCUT2D eigenvalue weighted by molar-refractivity contribution is 1.14. The Hall–Kier alpha value is -8.37. The van der Waals surface area contributed by atoms with Crippen molar-refractivity contribution in [2.75, 3.05) is 0 Å². The van der Waals surface area contributed by atoms with Gasteiger partial charge in [-0.2, -0.15) is 15.8 Å². The zero-order valence-corrected chi connectivity index (χ0v) is 30.3. The summed E-state index contributed by atoms with van der Waals surface area (Å²) in [4.78, 5) is 0. The number of benzene rings is 8. The van der Waals surface area contributed by atoms with Gasteiger partial charge in [-0.05, 0) is 54.6 Å². The van der Waals surface area contributed by atoms with E-state index in [1.165, 1.54) is 0 Å². The van der Waals surface area contributed by atoms with Crippen molar-refractivity contribution in [3.05, 3.63) is 187 Å². The van der Waals surface area contributed by atoms with Gasteiger partial charge in [0.2, 0.25) is 0 Å². The first-order chi connectivity index (χ1) is 28.2. The highest BCUT2D eigenvalue weighted by atomic mass is 15.0. The van der Waals surface area contributed by atoms with Gasteiger partial charge in [0.1, 0.15) is 12.1 Å². The molecule has 0 N–H and O–H groups in total. The molecule has 11 rings (SSSR count). The van der Waals surface area contributed by atoms with Crippen molar-refractivity contribution in [2.24, 2.45) is 0 Å². The maximum absolute atomic E-state index is 11.2. The van der Waals surface area contributed by atoms with Gasteiger partial charge in [0.25, 0.3) is 0 Å². The van der Waals surface area contributed by atoms with E-state index in [1.54, 1.807) is 0 Å². The van der Waals surface area contributed by atoms with E-state index in [1.807, 2.05) is 78.9 Å². The first kappa shape index (κ1) is 32.1. The summed E-state index contributed by atoms with van der Waals surface area (Å²) in [7, 11) is 0. The van der Waals surface area contributed by atoms with E-state index >= 15 is 0 Å². The summed E-state index contributed by atoms with van der Waals surface area (Å²) < 4.78 is 6.65. The molecule has 0 aliphatic heterocycles. The van der Waals surface area contributed by atoms with Gasteiger partial charge in [0, 0.05) is 49.1 Å². The lowest BCUT2D eigenvalue weighted by Crippen LogP contribution is -2.05. The molecule has 262 valence electrons. The molecule has 0 aliphatic rings. The van der Waals surface area contributed by atoms with Crippen LogP contribution in [-0.4, -0.2) is 13.7 Å². The quantitative estimate of drug-likeness (QED) is 0.181. The summed E-state index contributed by atoms with van der Waals surface area (Å²) >= 11 is 0. The Kier molecular flexibility index (Phi) is 6.95. The summed E-state index contributed by atoms with van der Waals surface area (Å²) in [6.07, 6.45) is 0. The van der Waals surface area contributed by atoms with E-state index in [-0.39, 0.29) is 0 Å². The number of rotatable bonds is 4. The predicted molar refractivity (Wildman–Crippen MR) is 229 cm³/mol. The highest BCUT2D eigenvalue weighted by Gasteiger charge is 2.26. The summed E-state index contributed by atoms with van der Waals surface area (Å²) in [5, 5.41) is 38.7. The molecule has 3 heterocycles. The number of nitriles is 3. The first-order valence-electron chi connectivity index (χ1n) is 18.7. The Morgan fingerprint density at radius 1 is 0.368 bits per heavy atom. The van der Waals surface area contributed by atoms with Crippen LogP contribution >= 0.6 is 0 Å². The fourth-order valence-corrected chi connectivity index (χ4v) is 9.02. The number of para-hydroxylation sites is 5. The summed E-state index contributed by atoms with van der Waals surface area (Å²) in [5.74, 6) is 0. The first-order valence-corrected chi connectivity index (χ1v) is 18.7. The number of hydrogen-bond acceptors (Lipinski definition) is 3. The Labute approximate surface area is 326 Å². The molecule has 0 saturated heterocycles. The molecule has 3 aromatic heterocycles. The van der Waals surface area contributed by atoms with Gasteiger partial charge in [-0.25, -0.2) is 0 Å². The fraction of sp³-hybridized carbons (Fsp3) is 0. The van der Waals surface area contributed by atoms with E-state index in [0.717, 1.165) is 82.4 Å². The van der Waals surface area contributed by atoms with Crippen LogP contribution in [0.2, 0.25) is 0 Å². The molecular weight excluding hydrogens is 697 g/mol. The number of hydrogen-bond donors (Lipinski definition) is 0. The summed E-state index contributed by atoms with van der Waals surface area (Å²) in [6, 6.07) is 64.6. The van der Waals surface area contributed by atoms with Gasteiger partial charge in [0.15, 0.2) is 0 Å². The van der Waals surface area contributed by atoms with Crippen molar-refractivity contribution in [1.82, 2.24) is 13.7 Å². The Balaban J connectivity index is 1.31. The van der Waals surface area contributed by atoms with Gasteiger partial charge in [0.05, 0.1) is 67.2 Å². The molecule has 0 spiro atoms. The highest BCUT2D eigenvalue weighted by Crippen LogP contribution is 2.45. The van der Waals surface area contributed by atoms with E-state index in [2.05, 4.69) is 123 Å². The van der Waals surface area contributed by atoms with Gasteiger partial charge >= 0.3 is 0 Å². The van der Waals surface area contributed by atoms with Gasteiger partial charge in [-0.15, -0.1) is 0 Å². The van der Waals surface area contributed by atoms with Crippen LogP contribution in [-0.2, 0) is 0 Å². The van der Waals surface area contributed by atoms with Crippen LogP contribution in [0.5, 0.6) is 0 Å². The maximum atomic E-state index is 11.2. The smallest absolute Gasteiger partial charge is 0.102 e. The van der Waals surface area contributed by atoms with Crippen LogP contribution in [0.15, 0.2) is 170 Å². The molecular formula is C51H28N6. The molecule has 0 amide bonds. The third-order valence-corrected chi connectivity index (χ3v) is 11.4. The highest BCUT2D eigenvalue weighted by molar-refractivity contribution is 6.24. The van der Waals surface area contributed by atoms with Gasteiger partial charge < -0.3 is 13.7 Å². The maximum Gasteiger partial charge on any atom is 0.102 e. The third-order valence-electron chi connectivity index (χ3n) is 11.4. The lowest BCUT2D eigenvalue weighted by atomic mass is 9.93. The summed E-state index contributed by atoms with van der Waals surface area (Å²) in [5.41, 5.74) is 10.9. The standard InChI is InChI=1S/C51H28N6/c52-29-32-22-24-40(35-25-23-33(30-53)49(43(35)31-54)56-45-19-9-4-14-36(45)37-15-5-10-20-46(37)56)48(28-32)57-47-21-11-7-17-39(47)42-27-26-41-38-16-6-8-18-44(38)55(50(41)51(42)57)34-12-2-1-3-13-34/h1-28H. The normalized spacial score (nSPS) is 11.5. The van der Waals surface area contributed by atoms with Crippen molar-refractivity contribution in [3.63, 3.8) is 0 Å². The number of fused-ring (bicyclic) bond motifs is 10. The number of nitrogens with zero attached hydrogens (tertiary/aromatic N) is 6. The van der Waals surface area contributed by atoms with Crippen LogP contribution in [0.3, 0.4) is 0 Å². The minimum Gasteiger partial charge on any atom is -0.307 e. The zero-order valence-electron chi connectivity index (χ0n) is 30.3. The Bertz CT molecular complexity index is 3560. The van der Waals surface area contributed by atoms with Gasteiger partial charge in [-0.1, -0.05) is 115 Å². The van der Waals surface area contributed by atoms with Crippen LogP contribution in [0.4, 0.5) is 0 Å². The van der Waals surface area contributed by atoms with Gasteiger partial charge in [-0.3, -0.25) is 0 Å². The van der Waals surface area contributed by atoms with Crippen molar-refractivity contribution in [3.8, 4) is 46.4 Å². The van der Waals surface area contributed by atoms with Crippen LogP contribution in [0.1, 0.15) is 16.7 Å².